The molecule has 0 spiro atoms. The number of nitrogens with zero attached hydrogens (tertiary/aromatic N) is 2. The van der Waals surface area contributed by atoms with Crippen LogP contribution in [-0.2, 0) is 0 Å². The molecule has 3 aromatic carbocycles. The smallest absolute Gasteiger partial charge is 0.330 e. The summed E-state index contributed by atoms with van der Waals surface area (Å²) < 4.78 is 15.8. The van der Waals surface area contributed by atoms with Crippen molar-refractivity contribution in [3.63, 3.8) is 0 Å². The highest BCUT2D eigenvalue weighted by molar-refractivity contribution is 9.10. The standard InChI is InChI=1S/C23H18BrFN4O2S/c1-14(15-6-8-17(24)9-7-15)27-23(31)29(32)18-10-11-21(16(12-18)13-26)28-22(30)19-4-2-3-5-20(19)25/h2-12,14,32H,1H3,(H,27,31)(H,28,30)/t14-/m0/s1. The molecule has 0 bridgehead atoms. The first-order valence-electron chi connectivity index (χ1n) is 9.45. The molecule has 0 saturated carbocycles. The molecule has 3 aromatic rings. The van der Waals surface area contributed by atoms with E-state index in [1.165, 1.54) is 36.4 Å². The fourth-order valence-corrected chi connectivity index (χ4v) is 3.35. The highest BCUT2D eigenvalue weighted by Crippen LogP contribution is 2.26. The molecule has 0 aliphatic heterocycles. The van der Waals surface area contributed by atoms with Crippen LogP contribution in [0.15, 0.2) is 71.2 Å². The number of urea groups is 1. The summed E-state index contributed by atoms with van der Waals surface area (Å²) in [6, 6.07) is 18.7. The molecule has 0 unspecified atom stereocenters. The van der Waals surface area contributed by atoms with Gasteiger partial charge in [-0.2, -0.15) is 5.26 Å². The normalized spacial score (nSPS) is 11.2. The second-order valence-corrected chi connectivity index (χ2v) is 8.13. The zero-order valence-electron chi connectivity index (χ0n) is 16.8. The Morgan fingerprint density at radius 1 is 1.12 bits per heavy atom. The van der Waals surface area contributed by atoms with Gasteiger partial charge in [0, 0.05) is 4.47 Å². The molecule has 1 atom stereocenters. The molecule has 0 heterocycles. The fraction of sp³-hybridized carbons (Fsp3) is 0.0870. The molecule has 162 valence electrons. The minimum absolute atomic E-state index is 0.0972. The van der Waals surface area contributed by atoms with Crippen molar-refractivity contribution in [3.05, 3.63) is 93.7 Å². The Morgan fingerprint density at radius 2 is 1.81 bits per heavy atom. The molecule has 0 aromatic heterocycles. The number of amides is 3. The van der Waals surface area contributed by atoms with E-state index in [1.54, 1.807) is 6.07 Å². The molecule has 2 N–H and O–H groups in total. The Labute approximate surface area is 198 Å². The van der Waals surface area contributed by atoms with Gasteiger partial charge in [-0.25, -0.2) is 13.5 Å². The van der Waals surface area contributed by atoms with Gasteiger partial charge in [0.15, 0.2) is 0 Å². The van der Waals surface area contributed by atoms with Gasteiger partial charge in [-0.1, -0.05) is 53.0 Å². The van der Waals surface area contributed by atoms with Gasteiger partial charge in [0.25, 0.3) is 5.91 Å². The SMILES string of the molecule is C[C@H](NC(=O)N(S)c1ccc(NC(=O)c2ccccc2F)c(C#N)c1)c1ccc(Br)cc1. The number of rotatable bonds is 5. The Kier molecular flexibility index (Phi) is 7.51. The van der Waals surface area contributed by atoms with Gasteiger partial charge in [-0.05, 0) is 55.0 Å². The molecular formula is C23H18BrFN4O2S. The molecule has 0 fully saturated rings. The van der Waals surface area contributed by atoms with Gasteiger partial charge in [0.05, 0.1) is 28.5 Å². The van der Waals surface area contributed by atoms with E-state index in [9.17, 15) is 19.2 Å². The van der Waals surface area contributed by atoms with E-state index < -0.39 is 17.8 Å². The topological polar surface area (TPSA) is 85.2 Å². The Morgan fingerprint density at radius 3 is 2.47 bits per heavy atom. The number of anilines is 2. The first-order valence-corrected chi connectivity index (χ1v) is 10.6. The van der Waals surface area contributed by atoms with E-state index in [1.807, 2.05) is 37.3 Å². The molecule has 3 rings (SSSR count). The molecule has 32 heavy (non-hydrogen) atoms. The van der Waals surface area contributed by atoms with Gasteiger partial charge >= 0.3 is 6.03 Å². The summed E-state index contributed by atoms with van der Waals surface area (Å²) in [5.74, 6) is -1.35. The monoisotopic (exact) mass is 512 g/mol. The largest absolute Gasteiger partial charge is 0.332 e. The number of thiol groups is 1. The maximum absolute atomic E-state index is 13.8. The zero-order valence-corrected chi connectivity index (χ0v) is 19.3. The third-order valence-electron chi connectivity index (χ3n) is 4.64. The second-order valence-electron chi connectivity index (χ2n) is 6.81. The van der Waals surface area contributed by atoms with Crippen LogP contribution in [0.1, 0.15) is 34.5 Å². The predicted molar refractivity (Wildman–Crippen MR) is 128 cm³/mol. The summed E-state index contributed by atoms with van der Waals surface area (Å²) >= 11 is 7.62. The first-order chi connectivity index (χ1) is 15.3. The van der Waals surface area contributed by atoms with E-state index in [4.69, 9.17) is 0 Å². The summed E-state index contributed by atoms with van der Waals surface area (Å²) in [6.45, 7) is 1.84. The van der Waals surface area contributed by atoms with Crippen LogP contribution < -0.4 is 14.9 Å². The van der Waals surface area contributed by atoms with Crippen molar-refractivity contribution < 1.29 is 14.0 Å². The molecule has 0 radical (unpaired) electrons. The van der Waals surface area contributed by atoms with Crippen LogP contribution in [0.5, 0.6) is 0 Å². The average molecular weight is 513 g/mol. The number of benzene rings is 3. The lowest BCUT2D eigenvalue weighted by atomic mass is 10.1. The number of hydrogen-bond donors (Lipinski definition) is 3. The van der Waals surface area contributed by atoms with Gasteiger partial charge in [0.2, 0.25) is 0 Å². The number of carbonyl (C=O) groups is 2. The summed E-state index contributed by atoms with van der Waals surface area (Å²) in [5, 5.41) is 14.8. The van der Waals surface area contributed by atoms with Crippen LogP contribution in [0.2, 0.25) is 0 Å². The maximum Gasteiger partial charge on any atom is 0.332 e. The van der Waals surface area contributed by atoms with E-state index in [2.05, 4.69) is 39.4 Å². The van der Waals surface area contributed by atoms with Crippen molar-refractivity contribution in [3.8, 4) is 6.07 Å². The summed E-state index contributed by atoms with van der Waals surface area (Å²) in [4.78, 5) is 25.0. The van der Waals surface area contributed by atoms with Crippen LogP contribution >= 0.6 is 28.7 Å². The van der Waals surface area contributed by atoms with Crippen LogP contribution in [0, 0.1) is 17.1 Å². The van der Waals surface area contributed by atoms with Gasteiger partial charge in [0.1, 0.15) is 11.9 Å². The van der Waals surface area contributed by atoms with Crippen molar-refractivity contribution >= 4 is 52.1 Å². The van der Waals surface area contributed by atoms with Crippen molar-refractivity contribution in [2.45, 2.75) is 13.0 Å². The van der Waals surface area contributed by atoms with Crippen LogP contribution in [-0.4, -0.2) is 11.9 Å². The Hall–Kier alpha value is -3.35. The van der Waals surface area contributed by atoms with E-state index in [0.717, 1.165) is 14.3 Å². The van der Waals surface area contributed by atoms with Gasteiger partial charge in [-0.3, -0.25) is 4.79 Å². The molecule has 0 aliphatic rings. The van der Waals surface area contributed by atoms with Crippen LogP contribution in [0.25, 0.3) is 0 Å². The molecule has 6 nitrogen and oxygen atoms in total. The number of nitrogens with one attached hydrogen (secondary N) is 2. The molecular weight excluding hydrogens is 495 g/mol. The van der Waals surface area contributed by atoms with Crippen LogP contribution in [0.4, 0.5) is 20.6 Å². The maximum atomic E-state index is 13.8. The lowest BCUT2D eigenvalue weighted by molar-refractivity contribution is 0.102. The minimum Gasteiger partial charge on any atom is -0.330 e. The number of carbonyl (C=O) groups excluding carboxylic acids is 2. The third-order valence-corrected chi connectivity index (χ3v) is 5.58. The lowest BCUT2D eigenvalue weighted by Crippen LogP contribution is -2.35. The molecule has 3 amide bonds. The third kappa shape index (κ3) is 5.46. The molecule has 0 aliphatic carbocycles. The second kappa shape index (κ2) is 10.3. The quantitative estimate of drug-likeness (QED) is 0.375. The van der Waals surface area contributed by atoms with Crippen molar-refractivity contribution in [1.82, 2.24) is 5.32 Å². The first kappa shape index (κ1) is 23.3. The summed E-state index contributed by atoms with van der Waals surface area (Å²) in [5.41, 5.74) is 1.38. The van der Waals surface area contributed by atoms with E-state index in [-0.39, 0.29) is 22.9 Å². The predicted octanol–water partition coefficient (Wildman–Crippen LogP) is 5.83. The van der Waals surface area contributed by atoms with Crippen molar-refractivity contribution in [2.75, 3.05) is 9.62 Å². The van der Waals surface area contributed by atoms with Gasteiger partial charge < -0.3 is 10.6 Å². The molecule has 9 heteroatoms. The highest BCUT2D eigenvalue weighted by Gasteiger charge is 2.18. The Balaban J connectivity index is 1.73. The summed E-state index contributed by atoms with van der Waals surface area (Å²) in [6.07, 6.45) is 0. The lowest BCUT2D eigenvalue weighted by Gasteiger charge is -2.21. The van der Waals surface area contributed by atoms with Crippen molar-refractivity contribution in [1.29, 1.82) is 5.26 Å². The van der Waals surface area contributed by atoms with Gasteiger partial charge in [-0.15, -0.1) is 0 Å². The average Bonchev–Trinajstić information content (AvgIpc) is 2.79. The summed E-state index contributed by atoms with van der Waals surface area (Å²) in [7, 11) is 0. The zero-order chi connectivity index (χ0) is 23.3. The highest BCUT2D eigenvalue weighted by atomic mass is 79.9. The number of halogens is 2. The van der Waals surface area contributed by atoms with Crippen LogP contribution in [0.3, 0.4) is 0 Å². The van der Waals surface area contributed by atoms with Crippen molar-refractivity contribution in [2.24, 2.45) is 0 Å². The fourth-order valence-electron chi connectivity index (χ4n) is 2.90. The van der Waals surface area contributed by atoms with E-state index >= 15 is 0 Å². The number of hydrogen-bond acceptors (Lipinski definition) is 4. The minimum atomic E-state index is -0.684. The van der Waals surface area contributed by atoms with E-state index in [0.29, 0.717) is 5.69 Å². The molecule has 0 saturated heterocycles. The Bertz CT molecular complexity index is 1200. The number of nitriles is 1.